The normalized spacial score (nSPS) is 10.8. The summed E-state index contributed by atoms with van der Waals surface area (Å²) in [5, 5.41) is 0.633. The van der Waals surface area contributed by atoms with E-state index < -0.39 is 0 Å². The Morgan fingerprint density at radius 3 is 2.69 bits per heavy atom. The first-order valence-electron chi connectivity index (χ1n) is 4.88. The summed E-state index contributed by atoms with van der Waals surface area (Å²) in [4.78, 5) is 8.57. The minimum Gasteiger partial charge on any atom is -0.283 e. The summed E-state index contributed by atoms with van der Waals surface area (Å²) in [6.45, 7) is 0. The van der Waals surface area contributed by atoms with Crippen LogP contribution in [0.3, 0.4) is 0 Å². The molecule has 4 heteroatoms. The monoisotopic (exact) mass is 229 g/mol. The fourth-order valence-corrected chi connectivity index (χ4v) is 1.76. The van der Waals surface area contributed by atoms with Crippen LogP contribution in [0.15, 0.2) is 48.9 Å². The quantitative estimate of drug-likeness (QED) is 0.642. The lowest BCUT2D eigenvalue weighted by atomic mass is 10.3. The molecule has 0 radical (unpaired) electrons. The van der Waals surface area contributed by atoms with Gasteiger partial charge in [0.2, 0.25) is 0 Å². The number of hydrogen-bond acceptors (Lipinski definition) is 2. The molecule has 0 bridgehead atoms. The number of hydrogen-bond donors (Lipinski definition) is 0. The summed E-state index contributed by atoms with van der Waals surface area (Å²) in [5.41, 5.74) is 2.00. The Morgan fingerprint density at radius 1 is 1.00 bits per heavy atom. The Balaban J connectivity index is 2.22. The fraction of sp³-hybridized carbons (Fsp3) is 0. The van der Waals surface area contributed by atoms with Gasteiger partial charge in [-0.05, 0) is 24.3 Å². The van der Waals surface area contributed by atoms with Gasteiger partial charge >= 0.3 is 0 Å². The van der Waals surface area contributed by atoms with E-state index in [0.29, 0.717) is 5.02 Å². The smallest absolute Gasteiger partial charge is 0.138 e. The van der Waals surface area contributed by atoms with Gasteiger partial charge in [0.05, 0.1) is 16.1 Å². The van der Waals surface area contributed by atoms with E-state index in [1.165, 1.54) is 0 Å². The molecule has 0 unspecified atom stereocenters. The maximum Gasteiger partial charge on any atom is 0.138 e. The SMILES string of the molecule is Clc1ccc(-n2cnc3ccccc32)nc1. The molecule has 16 heavy (non-hydrogen) atoms. The van der Waals surface area contributed by atoms with Gasteiger partial charge < -0.3 is 0 Å². The Morgan fingerprint density at radius 2 is 1.88 bits per heavy atom. The maximum atomic E-state index is 5.80. The van der Waals surface area contributed by atoms with Crippen LogP contribution in [-0.2, 0) is 0 Å². The molecule has 3 nitrogen and oxygen atoms in total. The van der Waals surface area contributed by atoms with E-state index in [1.54, 1.807) is 12.5 Å². The molecule has 0 saturated carbocycles. The molecule has 0 fully saturated rings. The molecule has 0 aliphatic heterocycles. The Kier molecular flexibility index (Phi) is 2.11. The van der Waals surface area contributed by atoms with Crippen molar-refractivity contribution in [2.45, 2.75) is 0 Å². The summed E-state index contributed by atoms with van der Waals surface area (Å²) in [6, 6.07) is 11.6. The third kappa shape index (κ3) is 1.46. The van der Waals surface area contributed by atoms with Crippen LogP contribution in [0.4, 0.5) is 0 Å². The van der Waals surface area contributed by atoms with Gasteiger partial charge in [0.25, 0.3) is 0 Å². The summed E-state index contributed by atoms with van der Waals surface area (Å²) in [6.07, 6.45) is 3.40. The minimum atomic E-state index is 0.633. The van der Waals surface area contributed by atoms with Gasteiger partial charge in [-0.15, -0.1) is 0 Å². The van der Waals surface area contributed by atoms with E-state index in [2.05, 4.69) is 9.97 Å². The van der Waals surface area contributed by atoms with Gasteiger partial charge in [-0.2, -0.15) is 0 Å². The molecule has 3 rings (SSSR count). The highest BCUT2D eigenvalue weighted by Gasteiger charge is 2.03. The van der Waals surface area contributed by atoms with Crippen LogP contribution in [-0.4, -0.2) is 14.5 Å². The highest BCUT2D eigenvalue weighted by atomic mass is 35.5. The third-order valence-electron chi connectivity index (χ3n) is 2.41. The van der Waals surface area contributed by atoms with Gasteiger partial charge in [0.15, 0.2) is 0 Å². The van der Waals surface area contributed by atoms with Crippen molar-refractivity contribution in [3.63, 3.8) is 0 Å². The summed E-state index contributed by atoms with van der Waals surface area (Å²) in [7, 11) is 0. The van der Waals surface area contributed by atoms with E-state index in [1.807, 2.05) is 41.0 Å². The predicted octanol–water partition coefficient (Wildman–Crippen LogP) is 3.07. The molecule has 0 saturated heterocycles. The molecule has 0 atom stereocenters. The largest absolute Gasteiger partial charge is 0.283 e. The van der Waals surface area contributed by atoms with Crippen molar-refractivity contribution in [2.75, 3.05) is 0 Å². The minimum absolute atomic E-state index is 0.633. The average molecular weight is 230 g/mol. The third-order valence-corrected chi connectivity index (χ3v) is 2.64. The molecule has 0 N–H and O–H groups in total. The van der Waals surface area contributed by atoms with Crippen LogP contribution in [0.25, 0.3) is 16.9 Å². The molecular formula is C12H8ClN3. The summed E-state index contributed by atoms with van der Waals surface area (Å²) in [5.74, 6) is 0.818. The lowest BCUT2D eigenvalue weighted by Crippen LogP contribution is -1.94. The van der Waals surface area contributed by atoms with Gasteiger partial charge in [0.1, 0.15) is 12.1 Å². The van der Waals surface area contributed by atoms with Gasteiger partial charge in [-0.25, -0.2) is 9.97 Å². The Labute approximate surface area is 97.3 Å². The molecule has 3 aromatic rings. The van der Waals surface area contributed by atoms with Gasteiger partial charge in [0, 0.05) is 6.20 Å². The molecule has 0 amide bonds. The number of pyridine rings is 1. The van der Waals surface area contributed by atoms with Crippen molar-refractivity contribution in [3.05, 3.63) is 53.9 Å². The number of rotatable bonds is 1. The zero-order valence-corrected chi connectivity index (χ0v) is 9.09. The second-order valence-electron chi connectivity index (χ2n) is 3.44. The molecule has 2 aromatic heterocycles. The van der Waals surface area contributed by atoms with Crippen LogP contribution in [0, 0.1) is 0 Å². The van der Waals surface area contributed by atoms with E-state index in [4.69, 9.17) is 11.6 Å². The van der Waals surface area contributed by atoms with E-state index >= 15 is 0 Å². The number of imidazole rings is 1. The van der Waals surface area contributed by atoms with Crippen molar-refractivity contribution < 1.29 is 0 Å². The molecule has 78 valence electrons. The Bertz CT molecular complexity index is 628. The zero-order chi connectivity index (χ0) is 11.0. The van der Waals surface area contributed by atoms with E-state index in [-0.39, 0.29) is 0 Å². The number of fused-ring (bicyclic) bond motifs is 1. The van der Waals surface area contributed by atoms with Gasteiger partial charge in [-0.3, -0.25) is 4.57 Å². The highest BCUT2D eigenvalue weighted by molar-refractivity contribution is 6.30. The molecule has 2 heterocycles. The first kappa shape index (κ1) is 9.36. The topological polar surface area (TPSA) is 30.7 Å². The number of halogens is 1. The van der Waals surface area contributed by atoms with Crippen LogP contribution < -0.4 is 0 Å². The summed E-state index contributed by atoms with van der Waals surface area (Å²) < 4.78 is 1.94. The standard InChI is InChI=1S/C12H8ClN3/c13-9-5-6-12(14-7-9)16-8-15-10-3-1-2-4-11(10)16/h1-8H. The van der Waals surface area contributed by atoms with Crippen LogP contribution in [0.1, 0.15) is 0 Å². The summed E-state index contributed by atoms with van der Waals surface area (Å²) >= 11 is 5.80. The van der Waals surface area contributed by atoms with Crippen LogP contribution in [0.2, 0.25) is 5.02 Å². The second-order valence-corrected chi connectivity index (χ2v) is 3.87. The molecule has 0 spiro atoms. The van der Waals surface area contributed by atoms with Crippen LogP contribution >= 0.6 is 11.6 Å². The van der Waals surface area contributed by atoms with Crippen molar-refractivity contribution in [3.8, 4) is 5.82 Å². The Hall–Kier alpha value is -1.87. The number of nitrogens with zero attached hydrogens (tertiary/aromatic N) is 3. The fourth-order valence-electron chi connectivity index (χ4n) is 1.65. The maximum absolute atomic E-state index is 5.80. The van der Waals surface area contributed by atoms with Crippen LogP contribution in [0.5, 0.6) is 0 Å². The zero-order valence-electron chi connectivity index (χ0n) is 8.34. The number of benzene rings is 1. The van der Waals surface area contributed by atoms with E-state index in [0.717, 1.165) is 16.9 Å². The average Bonchev–Trinajstić information content (AvgIpc) is 2.74. The van der Waals surface area contributed by atoms with Crippen molar-refractivity contribution >= 4 is 22.6 Å². The second kappa shape index (κ2) is 3.61. The molecule has 1 aromatic carbocycles. The highest BCUT2D eigenvalue weighted by Crippen LogP contribution is 2.17. The lowest BCUT2D eigenvalue weighted by Gasteiger charge is -2.02. The first-order chi connectivity index (χ1) is 7.84. The van der Waals surface area contributed by atoms with Crippen molar-refractivity contribution in [2.24, 2.45) is 0 Å². The van der Waals surface area contributed by atoms with Crippen molar-refractivity contribution in [1.82, 2.24) is 14.5 Å². The molecular weight excluding hydrogens is 222 g/mol. The number of aromatic nitrogens is 3. The van der Waals surface area contributed by atoms with Crippen molar-refractivity contribution in [1.29, 1.82) is 0 Å². The van der Waals surface area contributed by atoms with Gasteiger partial charge in [-0.1, -0.05) is 23.7 Å². The molecule has 0 aliphatic carbocycles. The predicted molar refractivity (Wildman–Crippen MR) is 63.9 cm³/mol. The lowest BCUT2D eigenvalue weighted by molar-refractivity contribution is 1.02. The van der Waals surface area contributed by atoms with E-state index in [9.17, 15) is 0 Å². The molecule has 0 aliphatic rings. The number of para-hydroxylation sites is 2. The first-order valence-corrected chi connectivity index (χ1v) is 5.26.